The molecular weight excluding hydrogens is 445 g/mol. The van der Waals surface area contributed by atoms with Crippen molar-refractivity contribution < 1.29 is 9.59 Å². The SMILES string of the molecule is CNC(=O)C(C)(C)CNC(=NCC(=O)N(C)C)NC1CCCCC1C.I. The minimum atomic E-state index is -0.569. The molecule has 7 nitrogen and oxygen atoms in total. The van der Waals surface area contributed by atoms with Crippen LogP contribution in [0, 0.1) is 11.3 Å². The van der Waals surface area contributed by atoms with Crippen molar-refractivity contribution >= 4 is 41.8 Å². The number of carbonyl (C=O) groups excluding carboxylic acids is 2. The lowest BCUT2D eigenvalue weighted by Crippen LogP contribution is -2.51. The average molecular weight is 481 g/mol. The van der Waals surface area contributed by atoms with Gasteiger partial charge >= 0.3 is 0 Å². The monoisotopic (exact) mass is 481 g/mol. The molecule has 1 aliphatic rings. The van der Waals surface area contributed by atoms with Crippen molar-refractivity contribution in [1.82, 2.24) is 20.9 Å². The summed E-state index contributed by atoms with van der Waals surface area (Å²) in [7, 11) is 5.07. The summed E-state index contributed by atoms with van der Waals surface area (Å²) in [5.74, 6) is 1.08. The van der Waals surface area contributed by atoms with Gasteiger partial charge in [-0.25, -0.2) is 4.99 Å². The van der Waals surface area contributed by atoms with Crippen LogP contribution in [0.2, 0.25) is 0 Å². The minimum absolute atomic E-state index is 0. The van der Waals surface area contributed by atoms with Gasteiger partial charge in [-0.2, -0.15) is 0 Å². The fourth-order valence-electron chi connectivity index (χ4n) is 2.87. The Morgan fingerprint density at radius 2 is 1.81 bits per heavy atom. The van der Waals surface area contributed by atoms with Crippen molar-refractivity contribution in [3.8, 4) is 0 Å². The lowest BCUT2D eigenvalue weighted by molar-refractivity contribution is -0.128. The quantitative estimate of drug-likeness (QED) is 0.306. The van der Waals surface area contributed by atoms with Crippen molar-refractivity contribution in [2.45, 2.75) is 52.5 Å². The van der Waals surface area contributed by atoms with Gasteiger partial charge in [0.1, 0.15) is 6.54 Å². The van der Waals surface area contributed by atoms with Crippen LogP contribution in [0.1, 0.15) is 46.5 Å². The smallest absolute Gasteiger partial charge is 0.243 e. The summed E-state index contributed by atoms with van der Waals surface area (Å²) in [4.78, 5) is 29.8. The van der Waals surface area contributed by atoms with Gasteiger partial charge in [0.2, 0.25) is 11.8 Å². The molecule has 1 saturated carbocycles. The van der Waals surface area contributed by atoms with Gasteiger partial charge in [-0.05, 0) is 32.6 Å². The first-order valence-corrected chi connectivity index (χ1v) is 9.14. The Morgan fingerprint density at radius 3 is 2.35 bits per heavy atom. The average Bonchev–Trinajstić information content (AvgIpc) is 2.57. The maximum absolute atomic E-state index is 12.0. The molecule has 2 atom stereocenters. The molecular formula is C18H36IN5O2. The lowest BCUT2D eigenvalue weighted by Gasteiger charge is -2.32. The molecule has 0 aromatic rings. The molecule has 26 heavy (non-hydrogen) atoms. The first-order valence-electron chi connectivity index (χ1n) is 9.14. The fraction of sp³-hybridized carbons (Fsp3) is 0.833. The number of hydrogen-bond donors (Lipinski definition) is 3. The van der Waals surface area contributed by atoms with Crippen LogP contribution >= 0.6 is 24.0 Å². The molecule has 2 unspecified atom stereocenters. The predicted molar refractivity (Wildman–Crippen MR) is 117 cm³/mol. The molecule has 152 valence electrons. The molecule has 2 amide bonds. The zero-order chi connectivity index (χ0) is 19.0. The van der Waals surface area contributed by atoms with Crippen molar-refractivity contribution in [1.29, 1.82) is 0 Å². The third-order valence-electron chi connectivity index (χ3n) is 4.84. The van der Waals surface area contributed by atoms with Gasteiger partial charge in [0, 0.05) is 33.7 Å². The summed E-state index contributed by atoms with van der Waals surface area (Å²) in [5, 5.41) is 9.39. The van der Waals surface area contributed by atoms with Gasteiger partial charge in [-0.1, -0.05) is 19.8 Å². The number of rotatable bonds is 6. The molecule has 0 radical (unpaired) electrons. The van der Waals surface area contributed by atoms with Crippen molar-refractivity contribution in [2.24, 2.45) is 16.3 Å². The Labute approximate surface area is 175 Å². The van der Waals surface area contributed by atoms with E-state index in [0.29, 0.717) is 24.5 Å². The number of nitrogens with zero attached hydrogens (tertiary/aromatic N) is 2. The van der Waals surface area contributed by atoms with Gasteiger partial charge in [0.05, 0.1) is 5.41 Å². The molecule has 0 aromatic heterocycles. The van der Waals surface area contributed by atoms with E-state index in [4.69, 9.17) is 0 Å². The van der Waals surface area contributed by atoms with Crippen molar-refractivity contribution in [3.05, 3.63) is 0 Å². The van der Waals surface area contributed by atoms with Crippen LogP contribution in [-0.4, -0.2) is 62.9 Å². The highest BCUT2D eigenvalue weighted by atomic mass is 127. The number of aliphatic imine (C=N–C) groups is 1. The van der Waals surface area contributed by atoms with Crippen LogP contribution in [0.5, 0.6) is 0 Å². The summed E-state index contributed by atoms with van der Waals surface area (Å²) in [5.41, 5.74) is -0.569. The Balaban J connectivity index is 0.00000625. The molecule has 1 fully saturated rings. The van der Waals surface area contributed by atoms with Crippen molar-refractivity contribution in [2.75, 3.05) is 34.2 Å². The Hall–Kier alpha value is -1.06. The summed E-state index contributed by atoms with van der Waals surface area (Å²) < 4.78 is 0. The standard InChI is InChI=1S/C18H35N5O2.HI/c1-13-9-7-8-10-14(13)22-17(20-11-15(24)23(5)6)21-12-18(2,3)16(25)19-4;/h13-14H,7-12H2,1-6H3,(H,19,25)(H2,20,21,22);1H. The topological polar surface area (TPSA) is 85.8 Å². The fourth-order valence-corrected chi connectivity index (χ4v) is 2.87. The van der Waals surface area contributed by atoms with E-state index in [2.05, 4.69) is 27.9 Å². The number of halogens is 1. The van der Waals surface area contributed by atoms with E-state index in [9.17, 15) is 9.59 Å². The summed E-state index contributed by atoms with van der Waals surface area (Å²) in [6, 6.07) is 0.345. The van der Waals surface area contributed by atoms with Gasteiger partial charge in [-0.3, -0.25) is 9.59 Å². The Bertz CT molecular complexity index is 494. The minimum Gasteiger partial charge on any atom is -0.359 e. The van der Waals surface area contributed by atoms with Crippen LogP contribution in [0.15, 0.2) is 4.99 Å². The third-order valence-corrected chi connectivity index (χ3v) is 4.84. The van der Waals surface area contributed by atoms with E-state index in [1.165, 1.54) is 24.2 Å². The van der Waals surface area contributed by atoms with E-state index in [1.807, 2.05) is 13.8 Å². The zero-order valence-electron chi connectivity index (χ0n) is 17.0. The summed E-state index contributed by atoms with van der Waals surface area (Å²) in [6.45, 7) is 6.53. The number of likely N-dealkylation sites (N-methyl/N-ethyl adjacent to an activating group) is 1. The number of guanidine groups is 1. The first kappa shape index (κ1) is 24.9. The number of amides is 2. The molecule has 3 N–H and O–H groups in total. The first-order chi connectivity index (χ1) is 11.7. The molecule has 0 aromatic carbocycles. The molecule has 8 heteroatoms. The maximum Gasteiger partial charge on any atom is 0.243 e. The van der Waals surface area contributed by atoms with Gasteiger partial charge in [0.15, 0.2) is 5.96 Å². The zero-order valence-corrected chi connectivity index (χ0v) is 19.3. The van der Waals surface area contributed by atoms with Gasteiger partial charge in [0.25, 0.3) is 0 Å². The Morgan fingerprint density at radius 1 is 1.19 bits per heavy atom. The van der Waals surface area contributed by atoms with E-state index in [1.54, 1.807) is 21.1 Å². The molecule has 0 saturated heterocycles. The largest absolute Gasteiger partial charge is 0.359 e. The van der Waals surface area contributed by atoms with Gasteiger partial charge < -0.3 is 20.9 Å². The van der Waals surface area contributed by atoms with Crippen LogP contribution in [0.4, 0.5) is 0 Å². The molecule has 0 aliphatic heterocycles. The highest BCUT2D eigenvalue weighted by Gasteiger charge is 2.28. The van der Waals surface area contributed by atoms with Crippen LogP contribution in [-0.2, 0) is 9.59 Å². The van der Waals surface area contributed by atoms with Crippen LogP contribution in [0.3, 0.4) is 0 Å². The third kappa shape index (κ3) is 8.09. The van der Waals surface area contributed by atoms with Crippen LogP contribution in [0.25, 0.3) is 0 Å². The molecule has 0 bridgehead atoms. The lowest BCUT2D eigenvalue weighted by atomic mass is 9.86. The highest BCUT2D eigenvalue weighted by molar-refractivity contribution is 14.0. The van der Waals surface area contributed by atoms with E-state index >= 15 is 0 Å². The number of nitrogens with one attached hydrogen (secondary N) is 3. The van der Waals surface area contributed by atoms with Crippen LogP contribution < -0.4 is 16.0 Å². The maximum atomic E-state index is 12.0. The summed E-state index contributed by atoms with van der Waals surface area (Å²) in [6.07, 6.45) is 4.77. The number of carbonyl (C=O) groups is 2. The Kier molecular flexibility index (Phi) is 11.1. The second-order valence-corrected chi connectivity index (χ2v) is 7.78. The van der Waals surface area contributed by atoms with E-state index < -0.39 is 5.41 Å². The van der Waals surface area contributed by atoms with Crippen molar-refractivity contribution in [3.63, 3.8) is 0 Å². The molecule has 0 heterocycles. The normalized spacial score (nSPS) is 20.6. The highest BCUT2D eigenvalue weighted by Crippen LogP contribution is 2.23. The summed E-state index contributed by atoms with van der Waals surface area (Å²) >= 11 is 0. The molecule has 1 aliphatic carbocycles. The number of hydrogen-bond acceptors (Lipinski definition) is 3. The molecule has 1 rings (SSSR count). The van der Waals surface area contributed by atoms with E-state index in [0.717, 1.165) is 6.42 Å². The molecule has 0 spiro atoms. The second kappa shape index (κ2) is 11.6. The van der Waals surface area contributed by atoms with E-state index in [-0.39, 0.29) is 42.3 Å². The predicted octanol–water partition coefficient (Wildman–Crippen LogP) is 1.58. The van der Waals surface area contributed by atoms with Gasteiger partial charge in [-0.15, -0.1) is 24.0 Å². The second-order valence-electron chi connectivity index (χ2n) is 7.78.